The smallest absolute Gasteiger partial charge is 0.0824 e. The Bertz CT molecular complexity index is 315. The number of H-pyrrole nitrogens is 1. The van der Waals surface area contributed by atoms with Crippen LogP contribution in [0.2, 0.25) is 0 Å². The number of rotatable bonds is 5. The fourth-order valence-corrected chi connectivity index (χ4v) is 2.14. The van der Waals surface area contributed by atoms with E-state index >= 15 is 0 Å². The lowest BCUT2D eigenvalue weighted by atomic mass is 9.86. The standard InChI is InChI=1S/C13H23N3O/c1-13(2,11-3-4-14-7-11)10-16-9-12-8-15-5-6-17-12/h3-4,7,12,14-16H,5-6,8-10H2,1-2H3. The molecule has 0 radical (unpaired) electrons. The van der Waals surface area contributed by atoms with Crippen LogP contribution in [0, 0.1) is 0 Å². The lowest BCUT2D eigenvalue weighted by molar-refractivity contribution is 0.0287. The largest absolute Gasteiger partial charge is 0.374 e. The molecule has 0 amide bonds. The van der Waals surface area contributed by atoms with Gasteiger partial charge in [-0.3, -0.25) is 0 Å². The molecule has 1 aromatic heterocycles. The van der Waals surface area contributed by atoms with Gasteiger partial charge in [-0.2, -0.15) is 0 Å². The zero-order valence-electron chi connectivity index (χ0n) is 10.8. The van der Waals surface area contributed by atoms with Gasteiger partial charge >= 0.3 is 0 Å². The van der Waals surface area contributed by atoms with Crippen LogP contribution in [0.5, 0.6) is 0 Å². The van der Waals surface area contributed by atoms with E-state index in [0.29, 0.717) is 6.10 Å². The number of aromatic amines is 1. The maximum atomic E-state index is 5.65. The molecular formula is C13H23N3O. The second-order valence-corrected chi connectivity index (χ2v) is 5.31. The van der Waals surface area contributed by atoms with Crippen molar-refractivity contribution in [1.29, 1.82) is 0 Å². The topological polar surface area (TPSA) is 49.1 Å². The minimum atomic E-state index is 0.155. The first-order valence-electron chi connectivity index (χ1n) is 6.35. The second-order valence-electron chi connectivity index (χ2n) is 5.31. The predicted octanol–water partition coefficient (Wildman–Crippen LogP) is 0.870. The van der Waals surface area contributed by atoms with Gasteiger partial charge in [0.15, 0.2) is 0 Å². The molecule has 0 saturated carbocycles. The molecule has 17 heavy (non-hydrogen) atoms. The summed E-state index contributed by atoms with van der Waals surface area (Å²) in [5, 5.41) is 6.84. The summed E-state index contributed by atoms with van der Waals surface area (Å²) in [6, 6.07) is 2.14. The summed E-state index contributed by atoms with van der Waals surface area (Å²) in [7, 11) is 0. The normalized spacial score (nSPS) is 21.6. The van der Waals surface area contributed by atoms with E-state index in [1.807, 2.05) is 6.20 Å². The molecule has 1 aromatic rings. The van der Waals surface area contributed by atoms with Gasteiger partial charge in [-0.15, -0.1) is 0 Å². The lowest BCUT2D eigenvalue weighted by Gasteiger charge is -2.28. The molecule has 1 aliphatic heterocycles. The van der Waals surface area contributed by atoms with Crippen LogP contribution in [-0.4, -0.2) is 43.9 Å². The van der Waals surface area contributed by atoms with E-state index < -0.39 is 0 Å². The van der Waals surface area contributed by atoms with Gasteiger partial charge in [0, 0.05) is 44.0 Å². The summed E-state index contributed by atoms with van der Waals surface area (Å²) in [6.07, 6.45) is 4.36. The van der Waals surface area contributed by atoms with Gasteiger partial charge in [0.1, 0.15) is 0 Å². The Hall–Kier alpha value is -0.840. The van der Waals surface area contributed by atoms with E-state index in [1.54, 1.807) is 0 Å². The molecule has 0 spiro atoms. The van der Waals surface area contributed by atoms with Crippen LogP contribution in [0.15, 0.2) is 18.5 Å². The van der Waals surface area contributed by atoms with E-state index in [1.165, 1.54) is 5.56 Å². The van der Waals surface area contributed by atoms with Crippen LogP contribution in [0.25, 0.3) is 0 Å². The summed E-state index contributed by atoms with van der Waals surface area (Å²) in [5.41, 5.74) is 1.50. The molecular weight excluding hydrogens is 214 g/mol. The lowest BCUT2D eigenvalue weighted by Crippen LogP contribution is -2.46. The minimum absolute atomic E-state index is 0.155. The molecule has 4 heteroatoms. The second kappa shape index (κ2) is 5.67. The molecule has 96 valence electrons. The predicted molar refractivity (Wildman–Crippen MR) is 69.3 cm³/mol. The summed E-state index contributed by atoms with van der Waals surface area (Å²) in [4.78, 5) is 3.11. The van der Waals surface area contributed by atoms with Gasteiger partial charge in [0.25, 0.3) is 0 Å². The maximum absolute atomic E-state index is 5.65. The third kappa shape index (κ3) is 3.56. The van der Waals surface area contributed by atoms with Gasteiger partial charge < -0.3 is 20.4 Å². The molecule has 1 atom stereocenters. The van der Waals surface area contributed by atoms with Gasteiger partial charge in [-0.05, 0) is 11.6 Å². The summed E-state index contributed by atoms with van der Waals surface area (Å²) in [5.74, 6) is 0. The van der Waals surface area contributed by atoms with E-state index in [2.05, 4.69) is 41.7 Å². The number of ether oxygens (including phenoxy) is 1. The van der Waals surface area contributed by atoms with Crippen molar-refractivity contribution in [2.75, 3.05) is 32.8 Å². The Morgan fingerprint density at radius 3 is 3.06 bits per heavy atom. The van der Waals surface area contributed by atoms with E-state index in [0.717, 1.165) is 32.8 Å². The van der Waals surface area contributed by atoms with Crippen LogP contribution >= 0.6 is 0 Å². The van der Waals surface area contributed by atoms with Crippen molar-refractivity contribution in [1.82, 2.24) is 15.6 Å². The zero-order chi connectivity index (χ0) is 12.1. The van der Waals surface area contributed by atoms with E-state index in [9.17, 15) is 0 Å². The number of nitrogens with one attached hydrogen (secondary N) is 3. The van der Waals surface area contributed by atoms with Gasteiger partial charge in [0.2, 0.25) is 0 Å². The van der Waals surface area contributed by atoms with Crippen molar-refractivity contribution in [2.24, 2.45) is 0 Å². The highest BCUT2D eigenvalue weighted by atomic mass is 16.5. The van der Waals surface area contributed by atoms with E-state index in [4.69, 9.17) is 4.74 Å². The number of morpholine rings is 1. The molecule has 1 aliphatic rings. The Morgan fingerprint density at radius 2 is 2.41 bits per heavy atom. The highest BCUT2D eigenvalue weighted by molar-refractivity contribution is 5.20. The van der Waals surface area contributed by atoms with Gasteiger partial charge in [0.05, 0.1) is 12.7 Å². The molecule has 1 saturated heterocycles. The van der Waals surface area contributed by atoms with Crippen molar-refractivity contribution in [3.8, 4) is 0 Å². The maximum Gasteiger partial charge on any atom is 0.0824 e. The van der Waals surface area contributed by atoms with Crippen molar-refractivity contribution in [3.63, 3.8) is 0 Å². The van der Waals surface area contributed by atoms with Gasteiger partial charge in [-0.25, -0.2) is 0 Å². The first-order chi connectivity index (χ1) is 8.18. The molecule has 0 bridgehead atoms. The summed E-state index contributed by atoms with van der Waals surface area (Å²) >= 11 is 0. The first kappa shape index (κ1) is 12.6. The molecule has 2 heterocycles. The van der Waals surface area contributed by atoms with Crippen LogP contribution in [0.1, 0.15) is 19.4 Å². The Kier molecular flexibility index (Phi) is 4.20. The van der Waals surface area contributed by atoms with Gasteiger partial charge in [-0.1, -0.05) is 13.8 Å². The quantitative estimate of drug-likeness (QED) is 0.712. The molecule has 0 aromatic carbocycles. The minimum Gasteiger partial charge on any atom is -0.374 e. The average Bonchev–Trinajstić information content (AvgIpc) is 2.84. The highest BCUT2D eigenvalue weighted by Crippen LogP contribution is 2.21. The molecule has 0 aliphatic carbocycles. The van der Waals surface area contributed by atoms with Crippen LogP contribution < -0.4 is 10.6 Å². The number of hydrogen-bond acceptors (Lipinski definition) is 3. The first-order valence-corrected chi connectivity index (χ1v) is 6.35. The van der Waals surface area contributed by atoms with Crippen molar-refractivity contribution < 1.29 is 4.74 Å². The van der Waals surface area contributed by atoms with Crippen molar-refractivity contribution >= 4 is 0 Å². The third-order valence-electron chi connectivity index (χ3n) is 3.32. The molecule has 1 unspecified atom stereocenters. The van der Waals surface area contributed by atoms with Crippen LogP contribution in [0.4, 0.5) is 0 Å². The summed E-state index contributed by atoms with van der Waals surface area (Å²) in [6.45, 7) is 9.15. The molecule has 3 N–H and O–H groups in total. The molecule has 2 rings (SSSR count). The Morgan fingerprint density at radius 1 is 1.53 bits per heavy atom. The van der Waals surface area contributed by atoms with Crippen molar-refractivity contribution in [2.45, 2.75) is 25.4 Å². The molecule has 4 nitrogen and oxygen atoms in total. The van der Waals surface area contributed by atoms with Crippen LogP contribution in [0.3, 0.4) is 0 Å². The zero-order valence-corrected chi connectivity index (χ0v) is 10.8. The summed E-state index contributed by atoms with van der Waals surface area (Å²) < 4.78 is 5.65. The van der Waals surface area contributed by atoms with E-state index in [-0.39, 0.29) is 5.41 Å². The molecule has 1 fully saturated rings. The monoisotopic (exact) mass is 237 g/mol. The number of hydrogen-bond donors (Lipinski definition) is 3. The third-order valence-corrected chi connectivity index (χ3v) is 3.32. The SMILES string of the molecule is CC(C)(CNCC1CNCCO1)c1cc[nH]c1. The van der Waals surface area contributed by atoms with Crippen LogP contribution in [-0.2, 0) is 10.2 Å². The Labute approximate surface area is 103 Å². The fourth-order valence-electron chi connectivity index (χ4n) is 2.14. The average molecular weight is 237 g/mol. The highest BCUT2D eigenvalue weighted by Gasteiger charge is 2.21. The Balaban J connectivity index is 1.74. The number of aromatic nitrogens is 1. The van der Waals surface area contributed by atoms with Crippen molar-refractivity contribution in [3.05, 3.63) is 24.0 Å². The fraction of sp³-hybridized carbons (Fsp3) is 0.692.